The number of nitrogens with zero attached hydrogens (tertiary/aromatic N) is 2. The zero-order valence-corrected chi connectivity index (χ0v) is 18.1. The molecule has 0 unspecified atom stereocenters. The van der Waals surface area contributed by atoms with E-state index in [-0.39, 0.29) is 5.91 Å². The summed E-state index contributed by atoms with van der Waals surface area (Å²) in [4.78, 5) is 16.3. The Bertz CT molecular complexity index is 778. The average Bonchev–Trinajstić information content (AvgIpc) is 2.64. The molecule has 0 saturated carbocycles. The Morgan fingerprint density at radius 2 is 1.54 bits per heavy atom. The predicted octanol–water partition coefficient (Wildman–Crippen LogP) is 0.985. The zero-order valence-electron chi connectivity index (χ0n) is 17.2. The number of rotatable bonds is 4. The molecule has 2 heterocycles. The van der Waals surface area contributed by atoms with Gasteiger partial charge in [-0.15, -0.1) is 0 Å². The molecule has 7 heteroatoms. The number of likely N-dealkylation sites (tertiary alicyclic amines) is 1. The van der Waals surface area contributed by atoms with Crippen molar-refractivity contribution in [2.45, 2.75) is 50.8 Å². The molecule has 2 fully saturated rings. The molecular weight excluding hydrogens is 374 g/mol. The van der Waals surface area contributed by atoms with Crippen molar-refractivity contribution in [1.82, 2.24) is 9.21 Å². The quantitative estimate of drug-likeness (QED) is 0.808. The van der Waals surface area contributed by atoms with Crippen LogP contribution < -0.4 is 4.90 Å². The van der Waals surface area contributed by atoms with Crippen LogP contribution in [0.25, 0.3) is 0 Å². The van der Waals surface area contributed by atoms with Crippen molar-refractivity contribution in [2.24, 2.45) is 0 Å². The van der Waals surface area contributed by atoms with Crippen LogP contribution in [0.1, 0.15) is 43.2 Å². The van der Waals surface area contributed by atoms with Crippen molar-refractivity contribution in [1.29, 1.82) is 0 Å². The molecule has 1 N–H and O–H groups in total. The van der Waals surface area contributed by atoms with E-state index in [1.54, 1.807) is 16.4 Å². The van der Waals surface area contributed by atoms with Gasteiger partial charge >= 0.3 is 0 Å². The molecule has 0 aromatic heterocycles. The van der Waals surface area contributed by atoms with Gasteiger partial charge in [0.2, 0.25) is 10.0 Å². The first kappa shape index (κ1) is 21.3. The van der Waals surface area contributed by atoms with E-state index < -0.39 is 10.0 Å². The molecule has 0 radical (unpaired) electrons. The van der Waals surface area contributed by atoms with Gasteiger partial charge in [-0.25, -0.2) is 8.42 Å². The van der Waals surface area contributed by atoms with E-state index in [2.05, 4.69) is 0 Å². The standard InChI is InChI=1S/C21H33N3O3S/c1-18-8-9-20(16-19(18)2)28(26,27)24-14-12-22(13-15-24)17-21(25)23-10-6-4-3-5-7-11-23/h8-9,16H,3-7,10-15,17H2,1-2H3/p+1. The molecule has 2 aliphatic heterocycles. The number of piperazine rings is 1. The second kappa shape index (κ2) is 9.37. The van der Waals surface area contributed by atoms with Crippen LogP contribution in [-0.4, -0.2) is 69.3 Å². The number of quaternary nitrogens is 1. The third-order valence-corrected chi connectivity index (χ3v) is 8.05. The highest BCUT2D eigenvalue weighted by molar-refractivity contribution is 7.89. The van der Waals surface area contributed by atoms with E-state index >= 15 is 0 Å². The van der Waals surface area contributed by atoms with Gasteiger partial charge in [-0.2, -0.15) is 4.31 Å². The van der Waals surface area contributed by atoms with Crippen LogP contribution in [0, 0.1) is 13.8 Å². The van der Waals surface area contributed by atoms with Gasteiger partial charge in [0.15, 0.2) is 6.54 Å². The molecule has 6 nitrogen and oxygen atoms in total. The van der Waals surface area contributed by atoms with Crippen LogP contribution in [0.5, 0.6) is 0 Å². The van der Waals surface area contributed by atoms with Crippen molar-refractivity contribution < 1.29 is 18.1 Å². The highest BCUT2D eigenvalue weighted by Gasteiger charge is 2.32. The first-order valence-corrected chi connectivity index (χ1v) is 12.0. The molecular formula is C21H34N3O3S+. The number of benzene rings is 1. The van der Waals surface area contributed by atoms with Crippen LogP contribution in [0.3, 0.4) is 0 Å². The van der Waals surface area contributed by atoms with Gasteiger partial charge in [-0.05, 0) is 49.9 Å². The van der Waals surface area contributed by atoms with Gasteiger partial charge in [-0.1, -0.05) is 25.3 Å². The minimum absolute atomic E-state index is 0.224. The van der Waals surface area contributed by atoms with Crippen LogP contribution in [-0.2, 0) is 14.8 Å². The van der Waals surface area contributed by atoms with Gasteiger partial charge in [-0.3, -0.25) is 4.79 Å². The van der Waals surface area contributed by atoms with E-state index in [4.69, 9.17) is 0 Å². The van der Waals surface area contributed by atoms with Crippen molar-refractivity contribution >= 4 is 15.9 Å². The van der Waals surface area contributed by atoms with E-state index in [0.717, 1.165) is 37.1 Å². The summed E-state index contributed by atoms with van der Waals surface area (Å²) < 4.78 is 27.4. The van der Waals surface area contributed by atoms with Gasteiger partial charge in [0.05, 0.1) is 31.1 Å². The minimum Gasteiger partial charge on any atom is -0.338 e. The van der Waals surface area contributed by atoms with Crippen molar-refractivity contribution in [2.75, 3.05) is 45.8 Å². The first-order chi connectivity index (χ1) is 13.4. The summed E-state index contributed by atoms with van der Waals surface area (Å²) in [7, 11) is -3.46. The molecule has 0 atom stereocenters. The SMILES string of the molecule is Cc1ccc(S(=O)(=O)N2CC[NH+](CC(=O)N3CCCCCCC3)CC2)cc1C. The highest BCUT2D eigenvalue weighted by Crippen LogP contribution is 2.19. The number of carbonyl (C=O) groups excluding carboxylic acids is 1. The molecule has 28 heavy (non-hydrogen) atoms. The smallest absolute Gasteiger partial charge is 0.277 e. The average molecular weight is 409 g/mol. The molecule has 1 aromatic carbocycles. The number of sulfonamides is 1. The monoisotopic (exact) mass is 408 g/mol. The van der Waals surface area contributed by atoms with E-state index in [0.29, 0.717) is 37.6 Å². The van der Waals surface area contributed by atoms with Crippen molar-refractivity contribution in [3.63, 3.8) is 0 Å². The van der Waals surface area contributed by atoms with Gasteiger partial charge in [0, 0.05) is 13.1 Å². The third-order valence-electron chi connectivity index (χ3n) is 6.16. The lowest BCUT2D eigenvalue weighted by atomic mass is 10.1. The topological polar surface area (TPSA) is 62.1 Å². The Morgan fingerprint density at radius 3 is 2.14 bits per heavy atom. The maximum Gasteiger partial charge on any atom is 0.277 e. The Kier molecular flexibility index (Phi) is 7.12. The zero-order chi connectivity index (χ0) is 20.1. The Labute approximate surface area is 169 Å². The number of aryl methyl sites for hydroxylation is 2. The normalized spacial score (nSPS) is 20.6. The molecule has 2 saturated heterocycles. The molecule has 156 valence electrons. The summed E-state index contributed by atoms with van der Waals surface area (Å²) in [5, 5.41) is 0. The molecule has 2 aliphatic rings. The van der Waals surface area contributed by atoms with Gasteiger partial charge in [0.25, 0.3) is 5.91 Å². The second-order valence-electron chi connectivity index (χ2n) is 8.23. The Hall–Kier alpha value is -1.44. The fourth-order valence-corrected chi connectivity index (χ4v) is 5.59. The molecule has 0 bridgehead atoms. The van der Waals surface area contributed by atoms with Crippen LogP contribution >= 0.6 is 0 Å². The summed E-state index contributed by atoms with van der Waals surface area (Å²) in [6, 6.07) is 5.32. The van der Waals surface area contributed by atoms with Gasteiger partial charge < -0.3 is 9.80 Å². The van der Waals surface area contributed by atoms with Crippen molar-refractivity contribution in [3.8, 4) is 0 Å². The molecule has 0 aliphatic carbocycles. The molecule has 0 spiro atoms. The van der Waals surface area contributed by atoms with Crippen LogP contribution in [0.4, 0.5) is 0 Å². The number of amides is 1. The van der Waals surface area contributed by atoms with E-state index in [1.807, 2.05) is 24.8 Å². The number of hydrogen-bond acceptors (Lipinski definition) is 3. The summed E-state index contributed by atoms with van der Waals surface area (Å²) in [5.41, 5.74) is 2.08. The lowest BCUT2D eigenvalue weighted by Crippen LogP contribution is -3.15. The molecule has 1 aromatic rings. The molecule has 1 amide bonds. The van der Waals surface area contributed by atoms with Crippen LogP contribution in [0.15, 0.2) is 23.1 Å². The maximum absolute atomic E-state index is 12.9. The number of nitrogens with one attached hydrogen (secondary N) is 1. The summed E-state index contributed by atoms with van der Waals surface area (Å²) in [6.07, 6.45) is 5.91. The minimum atomic E-state index is -3.46. The second-order valence-corrected chi connectivity index (χ2v) is 10.2. The van der Waals surface area contributed by atoms with Crippen LogP contribution in [0.2, 0.25) is 0 Å². The lowest BCUT2D eigenvalue weighted by Gasteiger charge is -2.33. The highest BCUT2D eigenvalue weighted by atomic mass is 32.2. The molecule has 3 rings (SSSR count). The number of carbonyl (C=O) groups is 1. The maximum atomic E-state index is 12.9. The third kappa shape index (κ3) is 5.13. The van der Waals surface area contributed by atoms with Gasteiger partial charge in [0.1, 0.15) is 0 Å². The predicted molar refractivity (Wildman–Crippen MR) is 110 cm³/mol. The lowest BCUT2D eigenvalue weighted by molar-refractivity contribution is -0.896. The van der Waals surface area contributed by atoms with E-state index in [1.165, 1.54) is 24.2 Å². The fourth-order valence-electron chi connectivity index (χ4n) is 4.07. The fraction of sp³-hybridized carbons (Fsp3) is 0.667. The summed E-state index contributed by atoms with van der Waals surface area (Å²) >= 11 is 0. The number of hydrogen-bond donors (Lipinski definition) is 1. The van der Waals surface area contributed by atoms with E-state index in [9.17, 15) is 13.2 Å². The summed E-state index contributed by atoms with van der Waals surface area (Å²) in [6.45, 7) is 8.46. The largest absolute Gasteiger partial charge is 0.338 e. The Balaban J connectivity index is 1.54. The summed E-state index contributed by atoms with van der Waals surface area (Å²) in [5.74, 6) is 0.224. The first-order valence-electron chi connectivity index (χ1n) is 10.6. The Morgan fingerprint density at radius 1 is 0.929 bits per heavy atom. The van der Waals surface area contributed by atoms with Crippen molar-refractivity contribution in [3.05, 3.63) is 29.3 Å².